The Labute approximate surface area is 116 Å². The van der Waals surface area contributed by atoms with Crippen LogP contribution in [0.2, 0.25) is 0 Å². The third-order valence-electron chi connectivity index (χ3n) is 2.76. The molecule has 7 heteroatoms. The van der Waals surface area contributed by atoms with E-state index in [4.69, 9.17) is 0 Å². The maximum atomic E-state index is 11.5. The lowest BCUT2D eigenvalue weighted by molar-refractivity contribution is 0.240. The van der Waals surface area contributed by atoms with Gasteiger partial charge in [0.1, 0.15) is 6.33 Å². The van der Waals surface area contributed by atoms with Gasteiger partial charge in [0.15, 0.2) is 0 Å². The second kappa shape index (κ2) is 6.51. The fraction of sp³-hybridized carbons (Fsp3) is 0.583. The van der Waals surface area contributed by atoms with Gasteiger partial charge in [0, 0.05) is 24.9 Å². The van der Waals surface area contributed by atoms with Gasteiger partial charge in [0.05, 0.1) is 5.69 Å². The molecule has 19 heavy (non-hydrogen) atoms. The molecule has 2 N–H and O–H groups in total. The van der Waals surface area contributed by atoms with Gasteiger partial charge in [-0.25, -0.2) is 14.3 Å². The number of rotatable bonds is 6. The Bertz CT molecular complexity index is 533. The number of thiazole rings is 1. The second-order valence-corrected chi connectivity index (χ2v) is 5.63. The SMILES string of the molecule is CC(C)CCNC(=O)NCCc1csc2ncnn12. The van der Waals surface area contributed by atoms with E-state index in [0.29, 0.717) is 12.5 Å². The van der Waals surface area contributed by atoms with Crippen LogP contribution in [-0.4, -0.2) is 33.7 Å². The molecule has 0 aromatic carbocycles. The van der Waals surface area contributed by atoms with Crippen molar-refractivity contribution in [2.24, 2.45) is 5.92 Å². The first-order valence-electron chi connectivity index (χ1n) is 6.44. The van der Waals surface area contributed by atoms with Crippen LogP contribution in [0.25, 0.3) is 4.96 Å². The van der Waals surface area contributed by atoms with Crippen LogP contribution in [0.1, 0.15) is 26.0 Å². The third-order valence-corrected chi connectivity index (χ3v) is 3.64. The Morgan fingerprint density at radius 2 is 2.21 bits per heavy atom. The van der Waals surface area contributed by atoms with E-state index in [1.54, 1.807) is 17.7 Å². The molecule has 104 valence electrons. The molecule has 0 aliphatic carbocycles. The minimum Gasteiger partial charge on any atom is -0.338 e. The highest BCUT2D eigenvalue weighted by Crippen LogP contribution is 2.12. The maximum Gasteiger partial charge on any atom is 0.314 e. The van der Waals surface area contributed by atoms with Gasteiger partial charge in [-0.2, -0.15) is 5.10 Å². The van der Waals surface area contributed by atoms with E-state index < -0.39 is 0 Å². The summed E-state index contributed by atoms with van der Waals surface area (Å²) in [7, 11) is 0. The van der Waals surface area contributed by atoms with Crippen LogP contribution >= 0.6 is 11.3 Å². The molecule has 2 aromatic rings. The first-order valence-corrected chi connectivity index (χ1v) is 7.32. The summed E-state index contributed by atoms with van der Waals surface area (Å²) in [5, 5.41) is 11.8. The lowest BCUT2D eigenvalue weighted by Crippen LogP contribution is -2.37. The van der Waals surface area contributed by atoms with E-state index in [9.17, 15) is 4.79 Å². The Balaban J connectivity index is 1.69. The summed E-state index contributed by atoms with van der Waals surface area (Å²) < 4.78 is 1.81. The average molecular weight is 281 g/mol. The van der Waals surface area contributed by atoms with Crippen molar-refractivity contribution in [1.82, 2.24) is 25.2 Å². The molecule has 0 unspecified atom stereocenters. The van der Waals surface area contributed by atoms with Crippen LogP contribution in [-0.2, 0) is 6.42 Å². The fourth-order valence-corrected chi connectivity index (χ4v) is 2.52. The lowest BCUT2D eigenvalue weighted by atomic mass is 10.1. The summed E-state index contributed by atoms with van der Waals surface area (Å²) >= 11 is 1.56. The molecule has 0 aliphatic rings. The minimum absolute atomic E-state index is 0.106. The van der Waals surface area contributed by atoms with Gasteiger partial charge in [0.2, 0.25) is 4.96 Å². The topological polar surface area (TPSA) is 71.3 Å². The van der Waals surface area contributed by atoms with Crippen LogP contribution in [0, 0.1) is 5.92 Å². The van der Waals surface area contributed by atoms with Crippen molar-refractivity contribution in [2.45, 2.75) is 26.7 Å². The number of fused-ring (bicyclic) bond motifs is 1. The largest absolute Gasteiger partial charge is 0.338 e. The molecule has 0 bridgehead atoms. The van der Waals surface area contributed by atoms with Crippen molar-refractivity contribution in [3.63, 3.8) is 0 Å². The number of urea groups is 1. The Morgan fingerprint density at radius 1 is 1.42 bits per heavy atom. The van der Waals surface area contributed by atoms with Gasteiger partial charge in [0.25, 0.3) is 0 Å². The van der Waals surface area contributed by atoms with Crippen LogP contribution in [0.15, 0.2) is 11.7 Å². The van der Waals surface area contributed by atoms with Crippen molar-refractivity contribution in [2.75, 3.05) is 13.1 Å². The van der Waals surface area contributed by atoms with Crippen LogP contribution in [0.5, 0.6) is 0 Å². The number of aromatic nitrogens is 3. The van der Waals surface area contributed by atoms with E-state index in [0.717, 1.165) is 30.0 Å². The summed E-state index contributed by atoms with van der Waals surface area (Å²) in [5.74, 6) is 0.603. The highest BCUT2D eigenvalue weighted by molar-refractivity contribution is 7.15. The molecule has 2 rings (SSSR count). The minimum atomic E-state index is -0.106. The monoisotopic (exact) mass is 281 g/mol. The van der Waals surface area contributed by atoms with E-state index >= 15 is 0 Å². The zero-order valence-corrected chi connectivity index (χ0v) is 12.0. The van der Waals surface area contributed by atoms with Crippen molar-refractivity contribution >= 4 is 22.3 Å². The van der Waals surface area contributed by atoms with Gasteiger partial charge in [-0.1, -0.05) is 13.8 Å². The van der Waals surface area contributed by atoms with Crippen molar-refractivity contribution in [1.29, 1.82) is 0 Å². The number of nitrogens with one attached hydrogen (secondary N) is 2. The highest BCUT2D eigenvalue weighted by Gasteiger charge is 2.06. The number of carbonyl (C=O) groups excluding carboxylic acids is 1. The zero-order chi connectivity index (χ0) is 13.7. The molecule has 0 saturated heterocycles. The van der Waals surface area contributed by atoms with Crippen LogP contribution < -0.4 is 10.6 Å². The second-order valence-electron chi connectivity index (χ2n) is 4.80. The molecule has 0 radical (unpaired) electrons. The predicted molar refractivity (Wildman–Crippen MR) is 75.4 cm³/mol. The normalized spacial score (nSPS) is 11.1. The first-order chi connectivity index (χ1) is 9.16. The molecule has 6 nitrogen and oxygen atoms in total. The molecule has 2 amide bonds. The van der Waals surface area contributed by atoms with Crippen LogP contribution in [0.4, 0.5) is 4.79 Å². The molecule has 0 saturated carbocycles. The first kappa shape index (κ1) is 13.8. The summed E-state index contributed by atoms with van der Waals surface area (Å²) in [6, 6.07) is -0.106. The van der Waals surface area contributed by atoms with Crippen molar-refractivity contribution in [3.05, 3.63) is 17.4 Å². The quantitative estimate of drug-likeness (QED) is 0.846. The standard InChI is InChI=1S/C12H19N5OS/c1-9(2)3-5-13-11(18)14-6-4-10-7-19-12-15-8-16-17(10)12/h7-9H,3-6H2,1-2H3,(H2,13,14,18). The fourth-order valence-electron chi connectivity index (χ4n) is 1.68. The molecule has 0 aliphatic heterocycles. The predicted octanol–water partition coefficient (Wildman–Crippen LogP) is 1.68. The molecule has 0 atom stereocenters. The van der Waals surface area contributed by atoms with E-state index in [-0.39, 0.29) is 6.03 Å². The molecule has 0 spiro atoms. The highest BCUT2D eigenvalue weighted by atomic mass is 32.1. The summed E-state index contributed by atoms with van der Waals surface area (Å²) in [4.78, 5) is 16.5. The number of amides is 2. The summed E-state index contributed by atoms with van der Waals surface area (Å²) in [5.41, 5.74) is 1.07. The van der Waals surface area contributed by atoms with Gasteiger partial charge in [-0.05, 0) is 12.3 Å². The molecular weight excluding hydrogens is 262 g/mol. The Kier molecular flexibility index (Phi) is 4.73. The molecule has 0 fully saturated rings. The zero-order valence-electron chi connectivity index (χ0n) is 11.2. The van der Waals surface area contributed by atoms with E-state index in [1.165, 1.54) is 0 Å². The maximum absolute atomic E-state index is 11.5. The number of hydrogen-bond acceptors (Lipinski definition) is 4. The molecule has 2 aromatic heterocycles. The smallest absolute Gasteiger partial charge is 0.314 e. The summed E-state index contributed by atoms with van der Waals surface area (Å²) in [6.45, 7) is 5.59. The van der Waals surface area contributed by atoms with E-state index in [1.807, 2.05) is 9.90 Å². The van der Waals surface area contributed by atoms with Gasteiger partial charge in [-0.15, -0.1) is 11.3 Å². The number of nitrogens with zero attached hydrogens (tertiary/aromatic N) is 3. The Morgan fingerprint density at radius 3 is 3.00 bits per heavy atom. The lowest BCUT2D eigenvalue weighted by Gasteiger charge is -2.08. The average Bonchev–Trinajstić information content (AvgIpc) is 2.93. The van der Waals surface area contributed by atoms with Crippen LogP contribution in [0.3, 0.4) is 0 Å². The van der Waals surface area contributed by atoms with Gasteiger partial charge < -0.3 is 10.6 Å². The number of hydrogen-bond donors (Lipinski definition) is 2. The summed E-state index contributed by atoms with van der Waals surface area (Å²) in [6.07, 6.45) is 3.29. The number of carbonyl (C=O) groups is 1. The Hall–Kier alpha value is -1.63. The third kappa shape index (κ3) is 3.92. The van der Waals surface area contributed by atoms with E-state index in [2.05, 4.69) is 34.6 Å². The van der Waals surface area contributed by atoms with Crippen molar-refractivity contribution in [3.8, 4) is 0 Å². The molecule has 2 heterocycles. The van der Waals surface area contributed by atoms with Gasteiger partial charge in [-0.3, -0.25) is 0 Å². The van der Waals surface area contributed by atoms with Crippen molar-refractivity contribution < 1.29 is 4.79 Å². The van der Waals surface area contributed by atoms with Gasteiger partial charge >= 0.3 is 6.03 Å². The molecular formula is C12H19N5OS.